The SMILES string of the molecule is O[C@H](CN1CCOCC1)CN1CCCC[C@@H]1c1nc2ccccc2s1. The molecule has 3 heterocycles. The highest BCUT2D eigenvalue weighted by atomic mass is 32.1. The molecule has 136 valence electrons. The molecule has 1 aromatic heterocycles. The minimum Gasteiger partial charge on any atom is -0.390 e. The molecule has 0 amide bonds. The van der Waals surface area contributed by atoms with Gasteiger partial charge in [0.05, 0.1) is 35.6 Å². The number of aliphatic hydroxyl groups excluding tert-OH is 1. The molecule has 0 radical (unpaired) electrons. The molecule has 0 saturated carbocycles. The van der Waals surface area contributed by atoms with Crippen LogP contribution in [-0.2, 0) is 4.74 Å². The number of hydrogen-bond donors (Lipinski definition) is 1. The first kappa shape index (κ1) is 17.4. The fourth-order valence-electron chi connectivity index (χ4n) is 3.93. The average Bonchev–Trinajstić information content (AvgIpc) is 3.07. The van der Waals surface area contributed by atoms with E-state index in [1.54, 1.807) is 0 Å². The molecule has 0 aliphatic carbocycles. The Bertz CT molecular complexity index is 653. The van der Waals surface area contributed by atoms with Gasteiger partial charge in [0.25, 0.3) is 0 Å². The van der Waals surface area contributed by atoms with Crippen LogP contribution in [0.15, 0.2) is 24.3 Å². The maximum absolute atomic E-state index is 10.6. The number of aliphatic hydroxyl groups is 1. The van der Waals surface area contributed by atoms with Gasteiger partial charge < -0.3 is 9.84 Å². The molecule has 2 aliphatic rings. The summed E-state index contributed by atoms with van der Waals surface area (Å²) in [5.74, 6) is 0. The highest BCUT2D eigenvalue weighted by molar-refractivity contribution is 7.18. The van der Waals surface area contributed by atoms with E-state index in [1.807, 2.05) is 11.3 Å². The van der Waals surface area contributed by atoms with Crippen LogP contribution in [0.2, 0.25) is 0 Å². The number of piperidine rings is 1. The molecule has 2 aromatic rings. The molecule has 0 spiro atoms. The monoisotopic (exact) mass is 361 g/mol. The number of hydrogen-bond acceptors (Lipinski definition) is 6. The van der Waals surface area contributed by atoms with Gasteiger partial charge in [0, 0.05) is 26.2 Å². The Morgan fingerprint density at radius 1 is 1.16 bits per heavy atom. The molecule has 25 heavy (non-hydrogen) atoms. The van der Waals surface area contributed by atoms with E-state index in [2.05, 4.69) is 34.1 Å². The lowest BCUT2D eigenvalue weighted by molar-refractivity contribution is -0.000530. The first-order valence-corrected chi connectivity index (χ1v) is 10.2. The zero-order chi connectivity index (χ0) is 17.1. The summed E-state index contributed by atoms with van der Waals surface area (Å²) >= 11 is 1.81. The van der Waals surface area contributed by atoms with Crippen molar-refractivity contribution in [3.63, 3.8) is 0 Å². The van der Waals surface area contributed by atoms with E-state index in [0.717, 1.165) is 57.9 Å². The van der Waals surface area contributed by atoms with E-state index < -0.39 is 0 Å². The number of morpholine rings is 1. The van der Waals surface area contributed by atoms with E-state index in [9.17, 15) is 5.11 Å². The average molecular weight is 362 g/mol. The zero-order valence-corrected chi connectivity index (χ0v) is 15.5. The first-order chi connectivity index (χ1) is 12.3. The number of thiazole rings is 1. The molecule has 0 unspecified atom stereocenters. The molecule has 0 bridgehead atoms. The molecular weight excluding hydrogens is 334 g/mol. The van der Waals surface area contributed by atoms with Crippen LogP contribution in [0, 0.1) is 0 Å². The summed E-state index contributed by atoms with van der Waals surface area (Å²) in [6, 6.07) is 8.73. The van der Waals surface area contributed by atoms with Crippen LogP contribution in [-0.4, -0.2) is 71.9 Å². The molecule has 2 atom stereocenters. The van der Waals surface area contributed by atoms with Crippen molar-refractivity contribution in [2.75, 3.05) is 45.9 Å². The maximum Gasteiger partial charge on any atom is 0.111 e. The number of para-hydroxylation sites is 1. The summed E-state index contributed by atoms with van der Waals surface area (Å²) in [6.07, 6.45) is 3.29. The fourth-order valence-corrected chi connectivity index (χ4v) is 5.07. The second-order valence-corrected chi connectivity index (χ2v) is 8.16. The highest BCUT2D eigenvalue weighted by Gasteiger charge is 2.28. The Labute approximate surface area is 153 Å². The van der Waals surface area contributed by atoms with E-state index >= 15 is 0 Å². The molecular formula is C19H27N3O2S. The number of likely N-dealkylation sites (tertiary alicyclic amines) is 1. The summed E-state index contributed by atoms with van der Waals surface area (Å²) < 4.78 is 6.66. The van der Waals surface area contributed by atoms with Crippen LogP contribution in [0.1, 0.15) is 30.3 Å². The molecule has 2 fully saturated rings. The standard InChI is InChI=1S/C19H27N3O2S/c23-15(13-21-9-11-24-12-10-21)14-22-8-4-3-6-17(22)19-20-16-5-1-2-7-18(16)25-19/h1-2,5,7,15,17,23H,3-4,6,8-14H2/t15-,17-/m1/s1. The third-order valence-electron chi connectivity index (χ3n) is 5.23. The topological polar surface area (TPSA) is 48.8 Å². The van der Waals surface area contributed by atoms with Crippen molar-refractivity contribution in [1.82, 2.24) is 14.8 Å². The van der Waals surface area contributed by atoms with Crippen LogP contribution in [0.5, 0.6) is 0 Å². The Morgan fingerprint density at radius 3 is 2.84 bits per heavy atom. The van der Waals surface area contributed by atoms with E-state index in [0.29, 0.717) is 6.04 Å². The third-order valence-corrected chi connectivity index (χ3v) is 6.36. The minimum absolute atomic E-state index is 0.312. The summed E-state index contributed by atoms with van der Waals surface area (Å²) in [5, 5.41) is 11.8. The van der Waals surface area contributed by atoms with Gasteiger partial charge in [-0.05, 0) is 31.5 Å². The minimum atomic E-state index is -0.312. The van der Waals surface area contributed by atoms with Gasteiger partial charge in [0.15, 0.2) is 0 Å². The number of benzene rings is 1. The maximum atomic E-state index is 10.6. The second-order valence-electron chi connectivity index (χ2n) is 7.09. The Balaban J connectivity index is 1.43. The van der Waals surface area contributed by atoms with Crippen molar-refractivity contribution in [2.24, 2.45) is 0 Å². The number of nitrogens with zero attached hydrogens (tertiary/aromatic N) is 3. The molecule has 2 saturated heterocycles. The van der Waals surface area contributed by atoms with Crippen LogP contribution in [0.4, 0.5) is 0 Å². The Kier molecular flexibility index (Phi) is 5.63. The molecule has 4 rings (SSSR count). The highest BCUT2D eigenvalue weighted by Crippen LogP contribution is 2.35. The summed E-state index contributed by atoms with van der Waals surface area (Å²) in [5.41, 5.74) is 1.10. The van der Waals surface area contributed by atoms with Crippen LogP contribution >= 0.6 is 11.3 Å². The van der Waals surface area contributed by atoms with Gasteiger partial charge in [-0.3, -0.25) is 9.80 Å². The largest absolute Gasteiger partial charge is 0.390 e. The van der Waals surface area contributed by atoms with Gasteiger partial charge in [-0.1, -0.05) is 18.6 Å². The molecule has 1 N–H and O–H groups in total. The lowest BCUT2D eigenvalue weighted by atomic mass is 10.0. The van der Waals surface area contributed by atoms with Gasteiger partial charge in [-0.2, -0.15) is 0 Å². The number of rotatable bonds is 5. The van der Waals surface area contributed by atoms with Crippen molar-refractivity contribution in [2.45, 2.75) is 31.4 Å². The van der Waals surface area contributed by atoms with Crippen molar-refractivity contribution >= 4 is 21.6 Å². The molecule has 1 aromatic carbocycles. The van der Waals surface area contributed by atoms with Crippen LogP contribution in [0.3, 0.4) is 0 Å². The fraction of sp³-hybridized carbons (Fsp3) is 0.632. The van der Waals surface area contributed by atoms with Gasteiger partial charge in [-0.15, -0.1) is 11.3 Å². The number of ether oxygens (including phenoxy) is 1. The van der Waals surface area contributed by atoms with Crippen LogP contribution < -0.4 is 0 Å². The molecule has 2 aliphatic heterocycles. The second kappa shape index (κ2) is 8.10. The Morgan fingerprint density at radius 2 is 2.00 bits per heavy atom. The predicted molar refractivity (Wildman–Crippen MR) is 101 cm³/mol. The number of β-amino-alcohol motifs (C(OH)–C–C–N with tert-alkyl or cyclic N) is 1. The number of aromatic nitrogens is 1. The zero-order valence-electron chi connectivity index (χ0n) is 14.6. The molecule has 6 heteroatoms. The molecule has 5 nitrogen and oxygen atoms in total. The lowest BCUT2D eigenvalue weighted by Crippen LogP contribution is -2.46. The van der Waals surface area contributed by atoms with Crippen molar-refractivity contribution in [3.05, 3.63) is 29.3 Å². The van der Waals surface area contributed by atoms with Gasteiger partial charge in [-0.25, -0.2) is 4.98 Å². The first-order valence-electron chi connectivity index (χ1n) is 9.37. The lowest BCUT2D eigenvalue weighted by Gasteiger charge is -2.37. The predicted octanol–water partition coefficient (Wildman–Crippen LogP) is 2.52. The third kappa shape index (κ3) is 4.20. The number of fused-ring (bicyclic) bond motifs is 1. The van der Waals surface area contributed by atoms with Crippen molar-refractivity contribution in [1.29, 1.82) is 0 Å². The summed E-state index contributed by atoms with van der Waals surface area (Å²) in [7, 11) is 0. The summed E-state index contributed by atoms with van der Waals surface area (Å²) in [4.78, 5) is 9.64. The van der Waals surface area contributed by atoms with Gasteiger partial charge >= 0.3 is 0 Å². The normalized spacial score (nSPS) is 24.6. The van der Waals surface area contributed by atoms with Crippen molar-refractivity contribution < 1.29 is 9.84 Å². The van der Waals surface area contributed by atoms with Gasteiger partial charge in [0.1, 0.15) is 5.01 Å². The Hall–Kier alpha value is -1.05. The van der Waals surface area contributed by atoms with E-state index in [4.69, 9.17) is 9.72 Å². The van der Waals surface area contributed by atoms with Gasteiger partial charge in [0.2, 0.25) is 0 Å². The van der Waals surface area contributed by atoms with E-state index in [-0.39, 0.29) is 6.10 Å². The van der Waals surface area contributed by atoms with E-state index in [1.165, 1.54) is 22.5 Å². The van der Waals surface area contributed by atoms with Crippen molar-refractivity contribution in [3.8, 4) is 0 Å². The van der Waals surface area contributed by atoms with Crippen LogP contribution in [0.25, 0.3) is 10.2 Å². The smallest absolute Gasteiger partial charge is 0.111 e. The summed E-state index contributed by atoms with van der Waals surface area (Å²) in [6.45, 7) is 5.96. The quantitative estimate of drug-likeness (QED) is 0.887.